The van der Waals surface area contributed by atoms with Gasteiger partial charge in [-0.05, 0) is 48.9 Å². The van der Waals surface area contributed by atoms with Crippen molar-refractivity contribution >= 4 is 17.6 Å². The molecular formula is C26H24ClN3O5. The largest absolute Gasteiger partial charge is 0.493 e. The third kappa shape index (κ3) is 4.26. The Morgan fingerprint density at radius 1 is 1.09 bits per heavy atom. The highest BCUT2D eigenvalue weighted by atomic mass is 35.5. The van der Waals surface area contributed by atoms with Crippen LogP contribution in [-0.2, 0) is 11.3 Å². The molecule has 180 valence electrons. The van der Waals surface area contributed by atoms with Crippen LogP contribution in [0.2, 0.25) is 5.02 Å². The number of benzene rings is 2. The van der Waals surface area contributed by atoms with Crippen molar-refractivity contribution in [2.45, 2.75) is 25.2 Å². The van der Waals surface area contributed by atoms with Crippen molar-refractivity contribution in [3.63, 3.8) is 0 Å². The fourth-order valence-corrected chi connectivity index (χ4v) is 4.74. The number of nitrogens with zero attached hydrogens (tertiary/aromatic N) is 3. The second-order valence-electron chi connectivity index (χ2n) is 8.15. The first kappa shape index (κ1) is 23.0. The molecule has 0 bridgehead atoms. The Balaban J connectivity index is 1.59. The summed E-state index contributed by atoms with van der Waals surface area (Å²) >= 11 is 6.44. The predicted octanol–water partition coefficient (Wildman–Crippen LogP) is 5.29. The number of carboxylic acids is 1. The second kappa shape index (κ2) is 9.48. The molecule has 0 fully saturated rings. The van der Waals surface area contributed by atoms with Gasteiger partial charge in [0.25, 0.3) is 0 Å². The van der Waals surface area contributed by atoms with Crippen LogP contribution >= 0.6 is 11.6 Å². The van der Waals surface area contributed by atoms with E-state index in [1.165, 1.54) is 6.07 Å². The molecule has 0 saturated heterocycles. The minimum absolute atomic E-state index is 0.0104. The molecule has 2 atom stereocenters. The normalized spacial score (nSPS) is 16.8. The van der Waals surface area contributed by atoms with Crippen LogP contribution in [0.4, 0.5) is 0 Å². The van der Waals surface area contributed by atoms with Crippen LogP contribution in [-0.4, -0.2) is 39.6 Å². The van der Waals surface area contributed by atoms with E-state index in [1.54, 1.807) is 25.1 Å². The van der Waals surface area contributed by atoms with Crippen molar-refractivity contribution < 1.29 is 24.1 Å². The number of aryl methyl sites for hydroxylation is 1. The topological polar surface area (TPSA) is 87.7 Å². The lowest BCUT2D eigenvalue weighted by Gasteiger charge is -2.25. The molecule has 0 amide bonds. The molecule has 8 nitrogen and oxygen atoms in total. The molecule has 2 aromatic heterocycles. The highest BCUT2D eigenvalue weighted by Gasteiger charge is 2.32. The first-order valence-corrected chi connectivity index (χ1v) is 11.5. The minimum atomic E-state index is -1.05. The van der Waals surface area contributed by atoms with E-state index in [9.17, 15) is 9.90 Å². The average Bonchev–Trinajstić information content (AvgIpc) is 3.52. The van der Waals surface area contributed by atoms with E-state index in [0.717, 1.165) is 22.5 Å². The van der Waals surface area contributed by atoms with Crippen LogP contribution in [0.15, 0.2) is 67.0 Å². The minimum Gasteiger partial charge on any atom is -0.493 e. The lowest BCUT2D eigenvalue weighted by molar-refractivity contribution is -0.00168. The van der Waals surface area contributed by atoms with E-state index < -0.39 is 12.1 Å². The number of hydrogen-bond donors (Lipinski definition) is 1. The summed E-state index contributed by atoms with van der Waals surface area (Å²) in [5.41, 5.74) is 3.66. The number of methoxy groups -OCH3 is 2. The Labute approximate surface area is 207 Å². The summed E-state index contributed by atoms with van der Waals surface area (Å²) in [6, 6.07) is 17.0. The van der Waals surface area contributed by atoms with Crippen LogP contribution in [0.1, 0.15) is 45.9 Å². The molecule has 35 heavy (non-hydrogen) atoms. The molecule has 1 aliphatic heterocycles. The lowest BCUT2D eigenvalue weighted by Crippen LogP contribution is -2.14. The quantitative estimate of drug-likeness (QED) is 0.376. The number of carbonyl (C=O) groups is 1. The van der Waals surface area contributed by atoms with Crippen molar-refractivity contribution in [3.8, 4) is 17.2 Å². The molecule has 0 unspecified atom stereocenters. The standard InChI is InChI=1S/C26H24ClN3O5/c1-33-23-7-3-5-17(25(23)34-2)24-18-15-16(27)8-9-20(18)30-12-4-6-21(30)22(35-24)11-14-29-13-10-19(28-29)26(31)32/h3-10,12-13,15,22,24H,11,14H2,1-2H3,(H,31,32)/t22-,24-/m1/s1. The maximum atomic E-state index is 11.2. The Morgan fingerprint density at radius 2 is 1.94 bits per heavy atom. The van der Waals surface area contributed by atoms with E-state index >= 15 is 0 Å². The number of aromatic carboxylic acids is 1. The van der Waals surface area contributed by atoms with Crippen molar-refractivity contribution in [1.29, 1.82) is 0 Å². The van der Waals surface area contributed by atoms with E-state index in [-0.39, 0.29) is 11.8 Å². The smallest absolute Gasteiger partial charge is 0.356 e. The summed E-state index contributed by atoms with van der Waals surface area (Å²) in [6.45, 7) is 0.474. The second-order valence-corrected chi connectivity index (χ2v) is 8.59. The fourth-order valence-electron chi connectivity index (χ4n) is 4.56. The molecule has 5 rings (SSSR count). The van der Waals surface area contributed by atoms with E-state index in [4.69, 9.17) is 25.8 Å². The zero-order valence-electron chi connectivity index (χ0n) is 19.2. The molecule has 2 aromatic carbocycles. The molecule has 0 saturated carbocycles. The molecule has 9 heteroatoms. The fraction of sp³-hybridized carbons (Fsp3) is 0.231. The zero-order chi connectivity index (χ0) is 24.5. The van der Waals surface area contributed by atoms with Crippen molar-refractivity contribution in [3.05, 3.63) is 94.5 Å². The first-order valence-electron chi connectivity index (χ1n) is 11.1. The summed E-state index contributed by atoms with van der Waals surface area (Å²) in [4.78, 5) is 11.2. The Hall–Kier alpha value is -3.75. The molecule has 0 radical (unpaired) electrons. The van der Waals surface area contributed by atoms with Gasteiger partial charge < -0.3 is 23.9 Å². The summed E-state index contributed by atoms with van der Waals surface area (Å²) in [5, 5.41) is 13.9. The molecule has 3 heterocycles. The summed E-state index contributed by atoms with van der Waals surface area (Å²) < 4.78 is 21.8. The molecule has 0 aliphatic carbocycles. The van der Waals surface area contributed by atoms with E-state index in [1.807, 2.05) is 54.7 Å². The SMILES string of the molecule is COc1cccc([C@H]2O[C@H](CCn3ccc(C(=O)O)n3)c3cccn3-c3ccc(Cl)cc32)c1OC. The number of ether oxygens (including phenoxy) is 3. The number of hydrogen-bond acceptors (Lipinski definition) is 5. The van der Waals surface area contributed by atoms with E-state index in [2.05, 4.69) is 9.67 Å². The molecule has 1 aliphatic rings. The number of fused-ring (bicyclic) bond motifs is 3. The number of para-hydroxylation sites is 1. The van der Waals surface area contributed by atoms with Gasteiger partial charge in [0.1, 0.15) is 12.2 Å². The lowest BCUT2D eigenvalue weighted by atomic mass is 9.98. The van der Waals surface area contributed by atoms with Gasteiger partial charge in [0.05, 0.1) is 25.6 Å². The van der Waals surface area contributed by atoms with Gasteiger partial charge in [-0.3, -0.25) is 4.68 Å². The third-order valence-corrected chi connectivity index (χ3v) is 6.37. The van der Waals surface area contributed by atoms with Crippen LogP contribution in [0, 0.1) is 0 Å². The highest BCUT2D eigenvalue weighted by molar-refractivity contribution is 6.30. The Bertz CT molecular complexity index is 1380. The van der Waals surface area contributed by atoms with Gasteiger partial charge in [-0.1, -0.05) is 23.7 Å². The van der Waals surface area contributed by atoms with Gasteiger partial charge in [0.2, 0.25) is 0 Å². The van der Waals surface area contributed by atoms with Crippen LogP contribution in [0.25, 0.3) is 5.69 Å². The van der Waals surface area contributed by atoms with E-state index in [0.29, 0.717) is 29.5 Å². The monoisotopic (exact) mass is 493 g/mol. The first-order chi connectivity index (χ1) is 17.0. The van der Waals surface area contributed by atoms with Gasteiger partial charge in [-0.25, -0.2) is 4.79 Å². The molecule has 0 spiro atoms. The number of rotatable bonds is 7. The third-order valence-electron chi connectivity index (χ3n) is 6.14. The van der Waals surface area contributed by atoms with Gasteiger partial charge in [-0.15, -0.1) is 0 Å². The summed E-state index contributed by atoms with van der Waals surface area (Å²) in [7, 11) is 3.21. The molecule has 4 aromatic rings. The van der Waals surface area contributed by atoms with Crippen LogP contribution in [0.3, 0.4) is 0 Å². The van der Waals surface area contributed by atoms with Crippen molar-refractivity contribution in [1.82, 2.24) is 14.3 Å². The summed E-state index contributed by atoms with van der Waals surface area (Å²) in [5.74, 6) is 0.144. The Morgan fingerprint density at radius 3 is 2.69 bits per heavy atom. The molecule has 1 N–H and O–H groups in total. The summed E-state index contributed by atoms with van der Waals surface area (Å²) in [6.07, 6.45) is 3.41. The maximum absolute atomic E-state index is 11.2. The zero-order valence-corrected chi connectivity index (χ0v) is 20.0. The predicted molar refractivity (Wildman–Crippen MR) is 130 cm³/mol. The average molecular weight is 494 g/mol. The van der Waals surface area contributed by atoms with Gasteiger partial charge in [0, 0.05) is 35.1 Å². The van der Waals surface area contributed by atoms with Gasteiger partial charge >= 0.3 is 5.97 Å². The number of carboxylic acid groups (broad SMARTS) is 1. The van der Waals surface area contributed by atoms with Crippen molar-refractivity contribution in [2.24, 2.45) is 0 Å². The van der Waals surface area contributed by atoms with Crippen LogP contribution in [0.5, 0.6) is 11.5 Å². The maximum Gasteiger partial charge on any atom is 0.356 e. The van der Waals surface area contributed by atoms with Gasteiger partial charge in [0.15, 0.2) is 17.2 Å². The van der Waals surface area contributed by atoms with Crippen molar-refractivity contribution in [2.75, 3.05) is 14.2 Å². The number of halogens is 1. The van der Waals surface area contributed by atoms with Crippen LogP contribution < -0.4 is 9.47 Å². The number of aromatic nitrogens is 3. The molecular weight excluding hydrogens is 470 g/mol. The van der Waals surface area contributed by atoms with Gasteiger partial charge in [-0.2, -0.15) is 5.10 Å². The Kier molecular flexibility index (Phi) is 6.23. The highest BCUT2D eigenvalue weighted by Crippen LogP contribution is 2.46.